The third-order valence-electron chi connectivity index (χ3n) is 2.79. The Morgan fingerprint density at radius 3 is 2.88 bits per heavy atom. The maximum absolute atomic E-state index is 11.4. The first-order valence-electron chi connectivity index (χ1n) is 5.70. The van der Waals surface area contributed by atoms with Gasteiger partial charge in [-0.05, 0) is 36.8 Å². The van der Waals surface area contributed by atoms with Gasteiger partial charge in [-0.2, -0.15) is 11.8 Å². The SMILES string of the molecule is CS(=O)(=O)c1cccc(NC2CCCSC2)c1. The van der Waals surface area contributed by atoms with Gasteiger partial charge < -0.3 is 5.32 Å². The van der Waals surface area contributed by atoms with Gasteiger partial charge in [0.05, 0.1) is 4.90 Å². The Morgan fingerprint density at radius 1 is 1.41 bits per heavy atom. The van der Waals surface area contributed by atoms with Crippen molar-refractivity contribution >= 4 is 27.3 Å². The van der Waals surface area contributed by atoms with E-state index in [0.29, 0.717) is 10.9 Å². The summed E-state index contributed by atoms with van der Waals surface area (Å²) in [6.07, 6.45) is 3.63. The molecule has 1 fully saturated rings. The van der Waals surface area contributed by atoms with Crippen LogP contribution >= 0.6 is 11.8 Å². The predicted molar refractivity (Wildman–Crippen MR) is 73.5 cm³/mol. The molecule has 0 aromatic heterocycles. The van der Waals surface area contributed by atoms with Crippen molar-refractivity contribution in [3.8, 4) is 0 Å². The quantitative estimate of drug-likeness (QED) is 0.917. The third kappa shape index (κ3) is 3.64. The van der Waals surface area contributed by atoms with Crippen LogP contribution in [0, 0.1) is 0 Å². The first-order valence-corrected chi connectivity index (χ1v) is 8.75. The van der Waals surface area contributed by atoms with Crippen molar-refractivity contribution in [3.63, 3.8) is 0 Å². The van der Waals surface area contributed by atoms with Gasteiger partial charge in [-0.1, -0.05) is 6.07 Å². The fourth-order valence-corrected chi connectivity index (χ4v) is 3.65. The largest absolute Gasteiger partial charge is 0.381 e. The first kappa shape index (κ1) is 12.8. The zero-order valence-corrected chi connectivity index (χ0v) is 11.5. The van der Waals surface area contributed by atoms with Crippen molar-refractivity contribution in [2.75, 3.05) is 23.1 Å². The Labute approximate surface area is 107 Å². The van der Waals surface area contributed by atoms with Crippen LogP contribution in [0.1, 0.15) is 12.8 Å². The van der Waals surface area contributed by atoms with Gasteiger partial charge in [-0.25, -0.2) is 8.42 Å². The van der Waals surface area contributed by atoms with Gasteiger partial charge in [-0.3, -0.25) is 0 Å². The van der Waals surface area contributed by atoms with E-state index in [4.69, 9.17) is 0 Å². The molecule has 1 heterocycles. The number of anilines is 1. The summed E-state index contributed by atoms with van der Waals surface area (Å²) < 4.78 is 22.9. The molecule has 2 rings (SSSR count). The maximum atomic E-state index is 11.4. The molecule has 94 valence electrons. The Hall–Kier alpha value is -0.680. The second-order valence-corrected chi connectivity index (χ2v) is 7.52. The smallest absolute Gasteiger partial charge is 0.175 e. The van der Waals surface area contributed by atoms with Crippen LogP contribution in [0.5, 0.6) is 0 Å². The van der Waals surface area contributed by atoms with Crippen LogP contribution < -0.4 is 5.32 Å². The lowest BCUT2D eigenvalue weighted by Crippen LogP contribution is -2.25. The summed E-state index contributed by atoms with van der Waals surface area (Å²) in [7, 11) is -3.11. The van der Waals surface area contributed by atoms with Gasteiger partial charge in [0.25, 0.3) is 0 Å². The van der Waals surface area contributed by atoms with Crippen molar-refractivity contribution < 1.29 is 8.42 Å². The maximum Gasteiger partial charge on any atom is 0.175 e. The Morgan fingerprint density at radius 2 is 2.24 bits per heavy atom. The number of nitrogens with one attached hydrogen (secondary N) is 1. The van der Waals surface area contributed by atoms with Crippen molar-refractivity contribution in [3.05, 3.63) is 24.3 Å². The van der Waals surface area contributed by atoms with E-state index in [0.717, 1.165) is 17.9 Å². The molecule has 0 spiro atoms. The highest BCUT2D eigenvalue weighted by Crippen LogP contribution is 2.22. The molecule has 1 unspecified atom stereocenters. The molecule has 1 atom stereocenters. The average Bonchev–Trinajstić information content (AvgIpc) is 2.29. The molecular weight excluding hydrogens is 254 g/mol. The first-order chi connectivity index (χ1) is 8.05. The van der Waals surface area contributed by atoms with Crippen molar-refractivity contribution in [2.45, 2.75) is 23.8 Å². The number of thioether (sulfide) groups is 1. The topological polar surface area (TPSA) is 46.2 Å². The Kier molecular flexibility index (Phi) is 3.99. The highest BCUT2D eigenvalue weighted by molar-refractivity contribution is 7.99. The Bertz CT molecular complexity index is 479. The lowest BCUT2D eigenvalue weighted by atomic mass is 10.2. The van der Waals surface area contributed by atoms with Gasteiger partial charge in [0, 0.05) is 23.7 Å². The summed E-state index contributed by atoms with van der Waals surface area (Å²) >= 11 is 1.95. The molecule has 1 aromatic rings. The number of sulfone groups is 1. The minimum atomic E-state index is -3.11. The highest BCUT2D eigenvalue weighted by Gasteiger charge is 2.14. The van der Waals surface area contributed by atoms with Crippen molar-refractivity contribution in [2.24, 2.45) is 0 Å². The molecule has 0 radical (unpaired) electrons. The molecule has 0 saturated carbocycles. The van der Waals surface area contributed by atoms with Gasteiger partial charge in [0.2, 0.25) is 0 Å². The van der Waals surface area contributed by atoms with Crippen LogP contribution in [0.25, 0.3) is 0 Å². The molecule has 3 nitrogen and oxygen atoms in total. The molecule has 0 bridgehead atoms. The summed E-state index contributed by atoms with van der Waals surface area (Å²) in [5.74, 6) is 2.34. The lowest BCUT2D eigenvalue weighted by Gasteiger charge is -2.23. The lowest BCUT2D eigenvalue weighted by molar-refractivity contribution is 0.602. The summed E-state index contributed by atoms with van der Waals surface area (Å²) in [4.78, 5) is 0.381. The second kappa shape index (κ2) is 5.31. The van der Waals surface area contributed by atoms with Crippen LogP contribution in [0.15, 0.2) is 29.2 Å². The van der Waals surface area contributed by atoms with Crippen molar-refractivity contribution in [1.29, 1.82) is 0 Å². The van der Waals surface area contributed by atoms with Gasteiger partial charge in [0.1, 0.15) is 0 Å². The molecule has 1 N–H and O–H groups in total. The minimum absolute atomic E-state index is 0.381. The van der Waals surface area contributed by atoms with E-state index in [1.165, 1.54) is 18.4 Å². The normalized spacial score (nSPS) is 21.1. The molecule has 17 heavy (non-hydrogen) atoms. The van der Waals surface area contributed by atoms with E-state index in [9.17, 15) is 8.42 Å². The van der Waals surface area contributed by atoms with Crippen LogP contribution in [-0.2, 0) is 9.84 Å². The molecule has 0 amide bonds. The summed E-state index contributed by atoms with van der Waals surface area (Å²) in [5, 5.41) is 3.41. The molecule has 1 saturated heterocycles. The molecular formula is C12H17NO2S2. The number of hydrogen-bond donors (Lipinski definition) is 1. The zero-order chi connectivity index (χ0) is 12.3. The monoisotopic (exact) mass is 271 g/mol. The number of rotatable bonds is 3. The van der Waals surface area contributed by atoms with Crippen molar-refractivity contribution in [1.82, 2.24) is 0 Å². The van der Waals surface area contributed by atoms with Crippen LogP contribution in [-0.4, -0.2) is 32.2 Å². The van der Waals surface area contributed by atoms with Gasteiger partial charge >= 0.3 is 0 Å². The molecule has 1 aliphatic heterocycles. The predicted octanol–water partition coefficient (Wildman–Crippen LogP) is 2.40. The standard InChI is InChI=1S/C12H17NO2S2/c1-17(14,15)12-6-2-4-10(8-12)13-11-5-3-7-16-9-11/h2,4,6,8,11,13H,3,5,7,9H2,1H3. The average molecular weight is 271 g/mol. The van der Waals surface area contributed by atoms with E-state index < -0.39 is 9.84 Å². The highest BCUT2D eigenvalue weighted by atomic mass is 32.2. The fourth-order valence-electron chi connectivity index (χ4n) is 1.91. The van der Waals surface area contributed by atoms with Crippen LogP contribution in [0.3, 0.4) is 0 Å². The molecule has 5 heteroatoms. The van der Waals surface area contributed by atoms with E-state index >= 15 is 0 Å². The van der Waals surface area contributed by atoms with Gasteiger partial charge in [-0.15, -0.1) is 0 Å². The van der Waals surface area contributed by atoms with Crippen LogP contribution in [0.4, 0.5) is 5.69 Å². The summed E-state index contributed by atoms with van der Waals surface area (Å²) in [6.45, 7) is 0. The van der Waals surface area contributed by atoms with Gasteiger partial charge in [0.15, 0.2) is 9.84 Å². The number of hydrogen-bond acceptors (Lipinski definition) is 4. The molecule has 1 aliphatic rings. The van der Waals surface area contributed by atoms with E-state index in [1.54, 1.807) is 18.2 Å². The minimum Gasteiger partial charge on any atom is -0.381 e. The fraction of sp³-hybridized carbons (Fsp3) is 0.500. The molecule has 0 aliphatic carbocycles. The zero-order valence-electron chi connectivity index (χ0n) is 9.85. The number of benzene rings is 1. The summed E-state index contributed by atoms with van der Waals surface area (Å²) in [5.41, 5.74) is 0.903. The second-order valence-electron chi connectivity index (χ2n) is 4.36. The summed E-state index contributed by atoms with van der Waals surface area (Å²) in [6, 6.07) is 7.52. The van der Waals surface area contributed by atoms with Crippen LogP contribution in [0.2, 0.25) is 0 Å². The van der Waals surface area contributed by atoms with E-state index in [1.807, 2.05) is 17.8 Å². The Balaban J connectivity index is 2.11. The third-order valence-corrected chi connectivity index (χ3v) is 5.12. The molecule has 1 aromatic carbocycles. The van der Waals surface area contributed by atoms with E-state index in [-0.39, 0.29) is 0 Å². The van der Waals surface area contributed by atoms with E-state index in [2.05, 4.69) is 5.32 Å².